The summed E-state index contributed by atoms with van der Waals surface area (Å²) in [5, 5.41) is 3.67. The summed E-state index contributed by atoms with van der Waals surface area (Å²) in [4.78, 5) is 15.0. The molecule has 0 spiro atoms. The molecule has 3 fully saturated rings. The summed E-state index contributed by atoms with van der Waals surface area (Å²) < 4.78 is 0. The summed E-state index contributed by atoms with van der Waals surface area (Å²) in [6, 6.07) is 12.3. The Kier molecular flexibility index (Phi) is 5.27. The lowest BCUT2D eigenvalue weighted by Gasteiger charge is -2.31. The number of carbonyl (C=O) groups excluding carboxylic acids is 1. The van der Waals surface area contributed by atoms with Crippen molar-refractivity contribution >= 4 is 18.3 Å². The van der Waals surface area contributed by atoms with Gasteiger partial charge in [-0.25, -0.2) is 0 Å². The molecule has 2 aliphatic heterocycles. The van der Waals surface area contributed by atoms with Crippen molar-refractivity contribution in [3.63, 3.8) is 0 Å². The van der Waals surface area contributed by atoms with Crippen molar-refractivity contribution in [2.45, 2.75) is 69.6 Å². The molecule has 4 rings (SSSR count). The van der Waals surface area contributed by atoms with Gasteiger partial charge in [0.1, 0.15) is 0 Å². The fourth-order valence-corrected chi connectivity index (χ4v) is 4.29. The number of halogens is 1. The average Bonchev–Trinajstić information content (AvgIpc) is 3.31. The van der Waals surface area contributed by atoms with Gasteiger partial charge in [-0.05, 0) is 50.0 Å². The third-order valence-corrected chi connectivity index (χ3v) is 5.54. The van der Waals surface area contributed by atoms with Gasteiger partial charge >= 0.3 is 0 Å². The van der Waals surface area contributed by atoms with Crippen molar-refractivity contribution in [3.8, 4) is 0 Å². The van der Waals surface area contributed by atoms with Crippen LogP contribution in [0.1, 0.15) is 50.5 Å². The second-order valence-electron chi connectivity index (χ2n) is 7.42. The fourth-order valence-electron chi connectivity index (χ4n) is 4.29. The molecular formula is C19H27ClN2O. The SMILES string of the molecule is Cl.O=C(CC1CC2CCC(C1)N2)N(Cc1ccccc1)C1CC1. The van der Waals surface area contributed by atoms with E-state index in [2.05, 4.69) is 34.5 Å². The molecule has 23 heavy (non-hydrogen) atoms. The number of carbonyl (C=O) groups is 1. The first-order valence-electron chi connectivity index (χ1n) is 8.87. The third kappa shape index (κ3) is 4.07. The Labute approximate surface area is 145 Å². The van der Waals surface area contributed by atoms with E-state index in [4.69, 9.17) is 0 Å². The van der Waals surface area contributed by atoms with Gasteiger partial charge in [-0.1, -0.05) is 30.3 Å². The number of nitrogens with one attached hydrogen (secondary N) is 1. The minimum atomic E-state index is 0. The first-order chi connectivity index (χ1) is 10.8. The van der Waals surface area contributed by atoms with Crippen LogP contribution in [0, 0.1) is 5.92 Å². The Hall–Kier alpha value is -1.06. The summed E-state index contributed by atoms with van der Waals surface area (Å²) in [6.07, 6.45) is 8.17. The maximum absolute atomic E-state index is 12.8. The lowest BCUT2D eigenvalue weighted by atomic mass is 9.89. The molecule has 1 aliphatic carbocycles. The molecule has 1 saturated carbocycles. The van der Waals surface area contributed by atoms with E-state index in [1.807, 2.05) is 6.07 Å². The lowest BCUT2D eigenvalue weighted by Crippen LogP contribution is -2.40. The topological polar surface area (TPSA) is 32.3 Å². The quantitative estimate of drug-likeness (QED) is 0.893. The standard InChI is InChI=1S/C19H26N2O.ClH/c22-19(12-15-10-16-6-7-17(11-15)20-16)21(18-8-9-18)13-14-4-2-1-3-5-14;/h1-5,15-18,20H,6-13H2;1H. The highest BCUT2D eigenvalue weighted by molar-refractivity contribution is 5.85. The summed E-state index contributed by atoms with van der Waals surface area (Å²) in [7, 11) is 0. The Morgan fingerprint density at radius 3 is 2.30 bits per heavy atom. The second kappa shape index (κ2) is 7.23. The van der Waals surface area contributed by atoms with E-state index in [1.165, 1.54) is 44.1 Å². The van der Waals surface area contributed by atoms with Gasteiger partial charge in [0.05, 0.1) is 0 Å². The van der Waals surface area contributed by atoms with Gasteiger partial charge in [0.25, 0.3) is 0 Å². The smallest absolute Gasteiger partial charge is 0.223 e. The molecule has 0 aromatic heterocycles. The van der Waals surface area contributed by atoms with Crippen LogP contribution >= 0.6 is 12.4 Å². The third-order valence-electron chi connectivity index (χ3n) is 5.54. The minimum Gasteiger partial charge on any atom is -0.335 e. The van der Waals surface area contributed by atoms with E-state index in [0.29, 0.717) is 30.0 Å². The van der Waals surface area contributed by atoms with E-state index in [-0.39, 0.29) is 12.4 Å². The number of amides is 1. The molecule has 0 radical (unpaired) electrons. The molecule has 2 heterocycles. The van der Waals surface area contributed by atoms with Crippen molar-refractivity contribution in [1.82, 2.24) is 10.2 Å². The number of benzene rings is 1. The second-order valence-corrected chi connectivity index (χ2v) is 7.42. The van der Waals surface area contributed by atoms with Gasteiger partial charge in [0.2, 0.25) is 5.91 Å². The van der Waals surface area contributed by atoms with Crippen LogP contribution in [0.2, 0.25) is 0 Å². The van der Waals surface area contributed by atoms with E-state index in [1.54, 1.807) is 0 Å². The Bertz CT molecular complexity index is 519. The number of piperidine rings is 1. The normalized spacial score (nSPS) is 29.0. The number of fused-ring (bicyclic) bond motifs is 2. The minimum absolute atomic E-state index is 0. The monoisotopic (exact) mass is 334 g/mol. The van der Waals surface area contributed by atoms with Crippen molar-refractivity contribution < 1.29 is 4.79 Å². The molecule has 2 saturated heterocycles. The molecule has 1 amide bonds. The van der Waals surface area contributed by atoms with Crippen LogP contribution in [0.15, 0.2) is 30.3 Å². The van der Waals surface area contributed by atoms with Crippen LogP contribution in [-0.4, -0.2) is 28.9 Å². The van der Waals surface area contributed by atoms with Crippen LogP contribution < -0.4 is 5.32 Å². The van der Waals surface area contributed by atoms with Crippen LogP contribution in [0.3, 0.4) is 0 Å². The van der Waals surface area contributed by atoms with Crippen molar-refractivity contribution in [2.75, 3.05) is 0 Å². The van der Waals surface area contributed by atoms with Crippen molar-refractivity contribution in [3.05, 3.63) is 35.9 Å². The predicted molar refractivity (Wildman–Crippen MR) is 94.5 cm³/mol. The zero-order chi connectivity index (χ0) is 14.9. The first-order valence-corrected chi connectivity index (χ1v) is 8.87. The van der Waals surface area contributed by atoms with Gasteiger partial charge < -0.3 is 10.2 Å². The molecule has 2 atom stereocenters. The van der Waals surface area contributed by atoms with E-state index in [9.17, 15) is 4.79 Å². The molecule has 2 bridgehead atoms. The first kappa shape index (κ1) is 16.8. The van der Waals surface area contributed by atoms with Gasteiger partial charge in [-0.15, -0.1) is 12.4 Å². The van der Waals surface area contributed by atoms with Gasteiger partial charge in [-0.2, -0.15) is 0 Å². The van der Waals surface area contributed by atoms with Crippen LogP contribution in [-0.2, 0) is 11.3 Å². The van der Waals surface area contributed by atoms with Crippen LogP contribution in [0.25, 0.3) is 0 Å². The summed E-state index contributed by atoms with van der Waals surface area (Å²) in [6.45, 7) is 0.794. The van der Waals surface area contributed by atoms with Crippen LogP contribution in [0.5, 0.6) is 0 Å². The molecule has 1 N–H and O–H groups in total. The number of nitrogens with zero attached hydrogens (tertiary/aromatic N) is 1. The van der Waals surface area contributed by atoms with Gasteiger partial charge in [0, 0.05) is 31.1 Å². The van der Waals surface area contributed by atoms with Crippen LogP contribution in [0.4, 0.5) is 0 Å². The maximum Gasteiger partial charge on any atom is 0.223 e. The molecule has 4 heteroatoms. The van der Waals surface area contributed by atoms with Gasteiger partial charge in [-0.3, -0.25) is 4.79 Å². The zero-order valence-corrected chi connectivity index (χ0v) is 14.4. The molecule has 126 valence electrons. The average molecular weight is 335 g/mol. The van der Waals surface area contributed by atoms with Gasteiger partial charge in [0.15, 0.2) is 0 Å². The highest BCUT2D eigenvalue weighted by Gasteiger charge is 2.37. The predicted octanol–water partition coefficient (Wildman–Crippen LogP) is 3.52. The maximum atomic E-state index is 12.8. The van der Waals surface area contributed by atoms with Crippen molar-refractivity contribution in [2.24, 2.45) is 5.92 Å². The highest BCUT2D eigenvalue weighted by Crippen LogP contribution is 2.35. The molecule has 1 aromatic carbocycles. The number of hydrogen-bond donors (Lipinski definition) is 1. The molecule has 2 unspecified atom stereocenters. The Morgan fingerprint density at radius 1 is 1.04 bits per heavy atom. The van der Waals surface area contributed by atoms with E-state index >= 15 is 0 Å². The molecular weight excluding hydrogens is 308 g/mol. The van der Waals surface area contributed by atoms with Crippen molar-refractivity contribution in [1.29, 1.82) is 0 Å². The highest BCUT2D eigenvalue weighted by atomic mass is 35.5. The zero-order valence-electron chi connectivity index (χ0n) is 13.6. The molecule has 3 nitrogen and oxygen atoms in total. The van der Waals surface area contributed by atoms with E-state index in [0.717, 1.165) is 13.0 Å². The Balaban J connectivity index is 0.00000156. The Morgan fingerprint density at radius 2 is 1.70 bits per heavy atom. The molecule has 3 aliphatic rings. The fraction of sp³-hybridized carbons (Fsp3) is 0.632. The van der Waals surface area contributed by atoms with E-state index < -0.39 is 0 Å². The summed E-state index contributed by atoms with van der Waals surface area (Å²) >= 11 is 0. The largest absolute Gasteiger partial charge is 0.335 e. The number of rotatable bonds is 5. The summed E-state index contributed by atoms with van der Waals surface area (Å²) in [5.41, 5.74) is 1.26. The molecule has 1 aromatic rings. The number of hydrogen-bond acceptors (Lipinski definition) is 2. The lowest BCUT2D eigenvalue weighted by molar-refractivity contribution is -0.133. The summed E-state index contributed by atoms with van der Waals surface area (Å²) in [5.74, 6) is 0.987.